The van der Waals surface area contributed by atoms with Crippen LogP contribution in [0.1, 0.15) is 117 Å². The second kappa shape index (κ2) is 35.0. The zero-order chi connectivity index (χ0) is 36.1. The minimum atomic E-state index is -4.39. The lowest BCUT2D eigenvalue weighted by molar-refractivity contribution is -0.161. The van der Waals surface area contributed by atoms with Crippen LogP contribution in [0.4, 0.5) is 0 Å². The van der Waals surface area contributed by atoms with Gasteiger partial charge in [-0.15, -0.1) is 0 Å². The third-order valence-corrected chi connectivity index (χ3v) is 7.92. The number of unbranched alkanes of at least 4 members (excludes halogenated alkanes) is 10. The van der Waals surface area contributed by atoms with Crippen molar-refractivity contribution >= 4 is 19.8 Å². The lowest BCUT2D eigenvalue weighted by Gasteiger charge is -2.19. The molecule has 2 atom stereocenters. The SMILES string of the molecule is CC/C=C/C=C/C=C/C=C/CCCCCCCC(=O)OCC(COP(=O)(O)OCCN)OC(=O)CCCCCCC/C=C/C=C/C=C/CC. The molecule has 278 valence electrons. The lowest BCUT2D eigenvalue weighted by Crippen LogP contribution is -2.29. The molecule has 0 fully saturated rings. The standard InChI is InChI=1S/C39H64NO8P/c1-3-5-7-9-11-13-15-17-18-20-21-23-25-27-29-31-38(41)45-35-37(36-47-49(43,44)46-34-33-40)48-39(42)32-30-28-26-24-22-19-16-14-12-10-8-6-4-2/h5-18,37H,3-4,19-36,40H2,1-2H3,(H,43,44)/b7-5+,8-6+,11-9+,12-10+,15-13+,16-14+,18-17+. The van der Waals surface area contributed by atoms with Crippen LogP contribution in [0.5, 0.6) is 0 Å². The van der Waals surface area contributed by atoms with Crippen LogP contribution in [0.15, 0.2) is 85.1 Å². The Hall–Kier alpha value is -2.81. The van der Waals surface area contributed by atoms with Gasteiger partial charge in [0.05, 0.1) is 13.2 Å². The minimum absolute atomic E-state index is 0.0409. The summed E-state index contributed by atoms with van der Waals surface area (Å²) >= 11 is 0. The van der Waals surface area contributed by atoms with Crippen molar-refractivity contribution in [2.75, 3.05) is 26.4 Å². The largest absolute Gasteiger partial charge is 0.472 e. The van der Waals surface area contributed by atoms with E-state index in [9.17, 15) is 19.0 Å². The van der Waals surface area contributed by atoms with Crippen LogP contribution in [0.3, 0.4) is 0 Å². The van der Waals surface area contributed by atoms with E-state index in [2.05, 4.69) is 50.3 Å². The topological polar surface area (TPSA) is 134 Å². The summed E-state index contributed by atoms with van der Waals surface area (Å²) < 4.78 is 32.6. The highest BCUT2D eigenvalue weighted by Crippen LogP contribution is 2.43. The van der Waals surface area contributed by atoms with Crippen LogP contribution >= 0.6 is 7.82 Å². The van der Waals surface area contributed by atoms with Crippen molar-refractivity contribution in [1.82, 2.24) is 0 Å². The number of esters is 2. The Morgan fingerprint density at radius 3 is 1.57 bits per heavy atom. The van der Waals surface area contributed by atoms with Gasteiger partial charge in [0.15, 0.2) is 6.10 Å². The Kier molecular flexibility index (Phi) is 33.0. The van der Waals surface area contributed by atoms with Crippen molar-refractivity contribution in [2.24, 2.45) is 5.73 Å². The molecule has 0 rings (SSSR count). The summed E-state index contributed by atoms with van der Waals surface area (Å²) in [5, 5.41) is 0. The van der Waals surface area contributed by atoms with Crippen molar-refractivity contribution < 1.29 is 37.6 Å². The molecule has 0 radical (unpaired) electrons. The van der Waals surface area contributed by atoms with Crippen molar-refractivity contribution in [3.05, 3.63) is 85.1 Å². The van der Waals surface area contributed by atoms with E-state index in [0.717, 1.165) is 77.0 Å². The molecule has 0 spiro atoms. The molecular weight excluding hydrogens is 641 g/mol. The Bertz CT molecular complexity index is 1080. The van der Waals surface area contributed by atoms with Gasteiger partial charge in [0.2, 0.25) is 0 Å². The Labute approximate surface area is 296 Å². The Morgan fingerprint density at radius 2 is 1.06 bits per heavy atom. The smallest absolute Gasteiger partial charge is 0.462 e. The number of rotatable bonds is 32. The maximum Gasteiger partial charge on any atom is 0.472 e. The number of hydrogen-bond donors (Lipinski definition) is 2. The molecular formula is C39H64NO8P. The molecule has 49 heavy (non-hydrogen) atoms. The fraction of sp³-hybridized carbons (Fsp3) is 0.590. The van der Waals surface area contributed by atoms with Gasteiger partial charge in [-0.2, -0.15) is 0 Å². The first-order valence-corrected chi connectivity index (χ1v) is 19.6. The summed E-state index contributed by atoms with van der Waals surface area (Å²) in [6.07, 6.45) is 41.8. The van der Waals surface area contributed by atoms with Crippen LogP contribution in [-0.4, -0.2) is 49.3 Å². The Morgan fingerprint density at radius 1 is 0.612 bits per heavy atom. The second-order valence-electron chi connectivity index (χ2n) is 11.5. The summed E-state index contributed by atoms with van der Waals surface area (Å²) in [7, 11) is -4.39. The van der Waals surface area contributed by atoms with Crippen molar-refractivity contribution in [3.63, 3.8) is 0 Å². The minimum Gasteiger partial charge on any atom is -0.462 e. The summed E-state index contributed by atoms with van der Waals surface area (Å²) in [6.45, 7) is 3.36. The molecule has 0 aliphatic heterocycles. The highest BCUT2D eigenvalue weighted by molar-refractivity contribution is 7.47. The van der Waals surface area contributed by atoms with Crippen molar-refractivity contribution in [1.29, 1.82) is 0 Å². The highest BCUT2D eigenvalue weighted by atomic mass is 31.2. The number of carbonyl (C=O) groups excluding carboxylic acids is 2. The molecule has 0 amide bonds. The second-order valence-corrected chi connectivity index (χ2v) is 12.9. The number of phosphoric acid groups is 1. The molecule has 0 aromatic carbocycles. The van der Waals surface area contributed by atoms with Gasteiger partial charge in [-0.3, -0.25) is 18.6 Å². The van der Waals surface area contributed by atoms with E-state index in [-0.39, 0.29) is 32.6 Å². The molecule has 0 bridgehead atoms. The average Bonchev–Trinajstić information content (AvgIpc) is 3.08. The molecule has 2 unspecified atom stereocenters. The predicted octanol–water partition coefficient (Wildman–Crippen LogP) is 9.71. The zero-order valence-corrected chi connectivity index (χ0v) is 31.0. The first kappa shape index (κ1) is 46.2. The van der Waals surface area contributed by atoms with Crippen LogP contribution < -0.4 is 5.73 Å². The van der Waals surface area contributed by atoms with Gasteiger partial charge in [0, 0.05) is 19.4 Å². The number of carbonyl (C=O) groups is 2. The summed E-state index contributed by atoms with van der Waals surface area (Å²) in [4.78, 5) is 34.7. The van der Waals surface area contributed by atoms with Gasteiger partial charge in [-0.1, -0.05) is 137 Å². The van der Waals surface area contributed by atoms with E-state index in [0.29, 0.717) is 12.8 Å². The fourth-order valence-electron chi connectivity index (χ4n) is 4.29. The molecule has 0 heterocycles. The number of phosphoric ester groups is 1. The van der Waals surface area contributed by atoms with Crippen LogP contribution in [0.2, 0.25) is 0 Å². The van der Waals surface area contributed by atoms with Gasteiger partial charge in [-0.25, -0.2) is 4.57 Å². The number of nitrogens with two attached hydrogens (primary N) is 1. The van der Waals surface area contributed by atoms with Gasteiger partial charge in [0.1, 0.15) is 6.61 Å². The van der Waals surface area contributed by atoms with Gasteiger partial charge in [0.25, 0.3) is 0 Å². The van der Waals surface area contributed by atoms with Gasteiger partial charge < -0.3 is 20.1 Å². The number of ether oxygens (including phenoxy) is 2. The van der Waals surface area contributed by atoms with Gasteiger partial charge in [-0.05, 0) is 51.4 Å². The molecule has 0 saturated carbocycles. The average molecular weight is 706 g/mol. The van der Waals surface area contributed by atoms with Gasteiger partial charge >= 0.3 is 19.8 Å². The first-order valence-electron chi connectivity index (χ1n) is 18.1. The predicted molar refractivity (Wildman–Crippen MR) is 201 cm³/mol. The van der Waals surface area contributed by atoms with Crippen molar-refractivity contribution in [3.8, 4) is 0 Å². The summed E-state index contributed by atoms with van der Waals surface area (Å²) in [5.41, 5.74) is 5.32. The van der Waals surface area contributed by atoms with E-state index in [1.165, 1.54) is 0 Å². The monoisotopic (exact) mass is 705 g/mol. The molecule has 0 saturated heterocycles. The van der Waals surface area contributed by atoms with Crippen LogP contribution in [0.25, 0.3) is 0 Å². The molecule has 0 aliphatic rings. The Balaban J connectivity index is 4.35. The van der Waals surface area contributed by atoms with E-state index in [1.54, 1.807) is 0 Å². The lowest BCUT2D eigenvalue weighted by atomic mass is 10.1. The zero-order valence-electron chi connectivity index (χ0n) is 30.1. The normalized spacial score (nSPS) is 14.4. The molecule has 0 aromatic rings. The van der Waals surface area contributed by atoms with Crippen molar-refractivity contribution in [2.45, 2.75) is 123 Å². The first-order chi connectivity index (χ1) is 23.8. The maximum absolute atomic E-state index is 12.5. The number of allylic oxidation sites excluding steroid dienone is 14. The quantitative estimate of drug-likeness (QED) is 0.0304. The highest BCUT2D eigenvalue weighted by Gasteiger charge is 2.25. The number of hydrogen-bond acceptors (Lipinski definition) is 8. The van der Waals surface area contributed by atoms with Crippen LogP contribution in [-0.2, 0) is 32.7 Å². The fourth-order valence-corrected chi connectivity index (χ4v) is 5.05. The molecule has 0 aliphatic carbocycles. The summed E-state index contributed by atoms with van der Waals surface area (Å²) in [5.74, 6) is -0.893. The van der Waals surface area contributed by atoms with E-state index in [4.69, 9.17) is 24.3 Å². The third-order valence-electron chi connectivity index (χ3n) is 6.93. The molecule has 9 nitrogen and oxygen atoms in total. The third kappa shape index (κ3) is 34.8. The maximum atomic E-state index is 12.5. The summed E-state index contributed by atoms with van der Waals surface area (Å²) in [6, 6.07) is 0. The molecule has 0 aromatic heterocycles. The van der Waals surface area contributed by atoms with Crippen LogP contribution in [0, 0.1) is 0 Å². The molecule has 10 heteroatoms. The molecule has 3 N–H and O–H groups in total. The van der Waals surface area contributed by atoms with E-state index >= 15 is 0 Å². The van der Waals surface area contributed by atoms with E-state index < -0.39 is 32.5 Å². The van der Waals surface area contributed by atoms with E-state index in [1.807, 2.05) is 48.6 Å².